The summed E-state index contributed by atoms with van der Waals surface area (Å²) in [7, 11) is 0. The van der Waals surface area contributed by atoms with Gasteiger partial charge in [0.15, 0.2) is 11.5 Å². The van der Waals surface area contributed by atoms with E-state index in [0.717, 1.165) is 6.07 Å². The number of aliphatic hydroxyl groups is 2. The van der Waals surface area contributed by atoms with Crippen LogP contribution in [0.15, 0.2) is 36.4 Å². The van der Waals surface area contributed by atoms with Gasteiger partial charge in [0.05, 0.1) is 5.56 Å². The van der Waals surface area contributed by atoms with Crippen LogP contribution < -0.4 is 4.74 Å². The average Bonchev–Trinajstić information content (AvgIpc) is 2.56. The summed E-state index contributed by atoms with van der Waals surface area (Å²) in [6.07, 6.45) is -2.24. The first kappa shape index (κ1) is 19.4. The third-order valence-electron chi connectivity index (χ3n) is 3.06. The quantitative estimate of drug-likeness (QED) is 0.405. The van der Waals surface area contributed by atoms with Crippen molar-refractivity contribution in [2.24, 2.45) is 0 Å². The highest BCUT2D eigenvalue weighted by molar-refractivity contribution is 5.51. The Morgan fingerprint density at radius 2 is 1.42 bits per heavy atom. The van der Waals surface area contributed by atoms with E-state index >= 15 is 0 Å². The van der Waals surface area contributed by atoms with Crippen LogP contribution in [-0.4, -0.2) is 43.4 Å². The third-order valence-corrected chi connectivity index (χ3v) is 3.06. The first-order valence-corrected chi connectivity index (χ1v) is 7.42. The molecule has 2 unspecified atom stereocenters. The van der Waals surface area contributed by atoms with Crippen LogP contribution in [0.3, 0.4) is 0 Å². The molecular formula is C17H22O7. The number of fused-ring (bicyclic) bond motifs is 1. The van der Waals surface area contributed by atoms with Gasteiger partial charge in [0, 0.05) is 12.1 Å². The van der Waals surface area contributed by atoms with Crippen LogP contribution in [0.1, 0.15) is 25.5 Å². The molecule has 0 spiro atoms. The van der Waals surface area contributed by atoms with Crippen molar-refractivity contribution in [2.45, 2.75) is 26.1 Å². The molecule has 1 aliphatic heterocycles. The Kier molecular flexibility index (Phi) is 7.16. The molecule has 0 fully saturated rings. The van der Waals surface area contributed by atoms with Gasteiger partial charge in [-0.25, -0.2) is 0 Å². The van der Waals surface area contributed by atoms with Crippen LogP contribution in [0.2, 0.25) is 0 Å². The van der Waals surface area contributed by atoms with E-state index in [1.54, 1.807) is 12.1 Å². The highest BCUT2D eigenvalue weighted by Gasteiger charge is 2.30. The van der Waals surface area contributed by atoms with Crippen LogP contribution in [0, 0.1) is 0 Å². The van der Waals surface area contributed by atoms with Gasteiger partial charge in [-0.2, -0.15) is 0 Å². The number of rotatable bonds is 0. The fourth-order valence-corrected chi connectivity index (χ4v) is 1.94. The van der Waals surface area contributed by atoms with Gasteiger partial charge in [0.1, 0.15) is 36.1 Å². The second-order valence-electron chi connectivity index (χ2n) is 4.69. The zero-order chi connectivity index (χ0) is 18.3. The van der Waals surface area contributed by atoms with Gasteiger partial charge in [-0.3, -0.25) is 0 Å². The molecule has 0 aromatic heterocycles. The molecule has 6 N–H and O–H groups in total. The van der Waals surface area contributed by atoms with Crippen LogP contribution in [0.25, 0.3) is 0 Å². The smallest absolute Gasteiger partial charge is 0.157 e. The summed E-state index contributed by atoms with van der Waals surface area (Å²) >= 11 is 0. The second-order valence-corrected chi connectivity index (χ2v) is 4.69. The summed E-state index contributed by atoms with van der Waals surface area (Å²) in [5, 5.41) is 54.7. The molecule has 0 saturated heterocycles. The van der Waals surface area contributed by atoms with Gasteiger partial charge in [-0.05, 0) is 12.1 Å². The minimum atomic E-state index is -1.18. The monoisotopic (exact) mass is 338 g/mol. The maximum atomic E-state index is 9.53. The molecule has 0 aliphatic carbocycles. The zero-order valence-corrected chi connectivity index (χ0v) is 13.4. The lowest BCUT2D eigenvalue weighted by Gasteiger charge is -2.27. The van der Waals surface area contributed by atoms with Gasteiger partial charge < -0.3 is 35.4 Å². The summed E-state index contributed by atoms with van der Waals surface area (Å²) in [6.45, 7) is 3.94. The molecule has 7 heteroatoms. The van der Waals surface area contributed by atoms with Crippen LogP contribution in [-0.2, 0) is 0 Å². The van der Waals surface area contributed by atoms with E-state index in [1.165, 1.54) is 18.2 Å². The maximum absolute atomic E-state index is 9.53. The van der Waals surface area contributed by atoms with E-state index in [4.69, 9.17) is 20.1 Å². The minimum Gasteiger partial charge on any atom is -0.508 e. The van der Waals surface area contributed by atoms with E-state index in [-0.39, 0.29) is 40.9 Å². The van der Waals surface area contributed by atoms with Crippen molar-refractivity contribution < 1.29 is 35.4 Å². The van der Waals surface area contributed by atoms with Crippen molar-refractivity contribution in [1.29, 1.82) is 0 Å². The number of phenols is 4. The number of hydrogen-bond donors (Lipinski definition) is 6. The molecule has 0 saturated carbocycles. The van der Waals surface area contributed by atoms with Crippen molar-refractivity contribution in [3.05, 3.63) is 42.0 Å². The molecule has 2 atom stereocenters. The SMILES string of the molecule is CC.Oc1cc(O)c2c(c1)OCC(O)C2O.Oc1ccccc1O. The zero-order valence-electron chi connectivity index (χ0n) is 13.4. The summed E-state index contributed by atoms with van der Waals surface area (Å²) in [5.41, 5.74) is 0.113. The van der Waals surface area contributed by atoms with Crippen molar-refractivity contribution in [2.75, 3.05) is 6.61 Å². The Morgan fingerprint density at radius 1 is 0.875 bits per heavy atom. The lowest BCUT2D eigenvalue weighted by Crippen LogP contribution is -2.30. The lowest BCUT2D eigenvalue weighted by molar-refractivity contribution is -0.0269. The van der Waals surface area contributed by atoms with E-state index in [1.807, 2.05) is 13.8 Å². The van der Waals surface area contributed by atoms with Gasteiger partial charge in [-0.15, -0.1) is 0 Å². The summed E-state index contributed by atoms with van der Waals surface area (Å²) in [5.74, 6) is -0.392. The summed E-state index contributed by atoms with van der Waals surface area (Å²) in [4.78, 5) is 0. The number of aliphatic hydroxyl groups excluding tert-OH is 2. The predicted octanol–water partition coefficient (Wildman–Crippen LogP) is 2.01. The third kappa shape index (κ3) is 4.68. The summed E-state index contributed by atoms with van der Waals surface area (Å²) in [6, 6.07) is 8.52. The second kappa shape index (κ2) is 8.85. The Hall–Kier alpha value is -2.64. The number of para-hydroxylation sites is 2. The molecule has 0 amide bonds. The van der Waals surface area contributed by atoms with Crippen LogP contribution >= 0.6 is 0 Å². The molecule has 0 radical (unpaired) electrons. The molecule has 1 aliphatic rings. The van der Waals surface area contributed by atoms with Gasteiger partial charge in [-0.1, -0.05) is 26.0 Å². The standard InChI is InChI=1S/C9H10O5.C6H6O2.C2H6/c10-4-1-5(11)8-7(2-4)14-3-6(12)9(8)13;7-5-3-1-2-4-6(5)8;1-2/h1-2,6,9-13H,3H2;1-4,7-8H;1-2H3. The van der Waals surface area contributed by atoms with Gasteiger partial charge >= 0.3 is 0 Å². The van der Waals surface area contributed by atoms with Crippen molar-refractivity contribution in [1.82, 2.24) is 0 Å². The maximum Gasteiger partial charge on any atom is 0.157 e. The average molecular weight is 338 g/mol. The van der Waals surface area contributed by atoms with Crippen molar-refractivity contribution in [3.63, 3.8) is 0 Å². The van der Waals surface area contributed by atoms with Crippen LogP contribution in [0.5, 0.6) is 28.7 Å². The number of ether oxygens (including phenoxy) is 1. The molecule has 7 nitrogen and oxygen atoms in total. The Morgan fingerprint density at radius 3 is 1.92 bits per heavy atom. The molecule has 132 valence electrons. The molecule has 24 heavy (non-hydrogen) atoms. The lowest BCUT2D eigenvalue weighted by atomic mass is 10.00. The van der Waals surface area contributed by atoms with E-state index in [0.29, 0.717) is 0 Å². The fraction of sp³-hybridized carbons (Fsp3) is 0.294. The number of hydrogen-bond acceptors (Lipinski definition) is 7. The Balaban J connectivity index is 0.000000245. The number of aromatic hydroxyl groups is 4. The predicted molar refractivity (Wildman–Crippen MR) is 87.4 cm³/mol. The molecular weight excluding hydrogens is 316 g/mol. The van der Waals surface area contributed by atoms with E-state index in [2.05, 4.69) is 0 Å². The fourth-order valence-electron chi connectivity index (χ4n) is 1.94. The largest absolute Gasteiger partial charge is 0.508 e. The van der Waals surface area contributed by atoms with Crippen molar-refractivity contribution in [3.8, 4) is 28.7 Å². The molecule has 1 heterocycles. The Labute approximate surface area is 139 Å². The molecule has 3 rings (SSSR count). The van der Waals surface area contributed by atoms with Crippen molar-refractivity contribution >= 4 is 0 Å². The van der Waals surface area contributed by atoms with Gasteiger partial charge in [0.25, 0.3) is 0 Å². The van der Waals surface area contributed by atoms with Gasteiger partial charge in [0.2, 0.25) is 0 Å². The van der Waals surface area contributed by atoms with E-state index in [9.17, 15) is 15.3 Å². The molecule has 2 aromatic carbocycles. The normalized spacial score (nSPS) is 18.0. The van der Waals surface area contributed by atoms with Crippen LogP contribution in [0.4, 0.5) is 0 Å². The van der Waals surface area contributed by atoms with E-state index < -0.39 is 12.2 Å². The summed E-state index contributed by atoms with van der Waals surface area (Å²) < 4.78 is 5.04. The first-order chi connectivity index (χ1) is 11.4. The minimum absolute atomic E-state index is 0.0585. The topological polar surface area (TPSA) is 131 Å². The molecule has 2 aromatic rings. The highest BCUT2D eigenvalue weighted by atomic mass is 16.5. The highest BCUT2D eigenvalue weighted by Crippen LogP contribution is 2.41. The first-order valence-electron chi connectivity index (χ1n) is 7.42. The molecule has 0 bridgehead atoms. The number of benzene rings is 2. The Bertz CT molecular complexity index is 636. The number of phenolic OH excluding ortho intramolecular Hbond substituents is 4.